The lowest BCUT2D eigenvalue weighted by atomic mass is 9.96. The fourth-order valence-corrected chi connectivity index (χ4v) is 4.43. The highest BCUT2D eigenvalue weighted by Crippen LogP contribution is 2.27. The maximum Gasteiger partial charge on any atom is 0.262 e. The molecular formula is C27H35N3O5. The third kappa shape index (κ3) is 6.00. The molecule has 8 nitrogen and oxygen atoms in total. The molecule has 1 fully saturated rings. The standard InChI is InChI=1S/C27H35N3O5/c1-4-10-30(11-5-2)21-9-8-19-12-18(6-7-20(19)13-21)17(3)22(14-28)27(34)29-23-16-35-24(15-31)26(33)25(23)32/h6-9,12-13,23-26,31-33H,4-5,10-11,15-16H2,1-3H3,(H,29,34)/b22-17+/t23-,24+,25+,26+/m0/s1. The Balaban J connectivity index is 1.83. The molecule has 1 aliphatic rings. The van der Waals surface area contributed by atoms with Gasteiger partial charge < -0.3 is 30.3 Å². The molecule has 8 heteroatoms. The number of rotatable bonds is 9. The van der Waals surface area contributed by atoms with Crippen molar-refractivity contribution in [3.8, 4) is 6.07 Å². The van der Waals surface area contributed by atoms with E-state index in [1.165, 1.54) is 5.69 Å². The lowest BCUT2D eigenvalue weighted by Crippen LogP contribution is -2.60. The number of nitrogens with one attached hydrogen (secondary N) is 1. The summed E-state index contributed by atoms with van der Waals surface area (Å²) in [5.74, 6) is -0.655. The van der Waals surface area contributed by atoms with E-state index in [0.29, 0.717) is 5.57 Å². The second kappa shape index (κ2) is 12.1. The minimum Gasteiger partial charge on any atom is -0.394 e. The van der Waals surface area contributed by atoms with Crippen molar-refractivity contribution in [2.75, 3.05) is 31.2 Å². The predicted molar refractivity (Wildman–Crippen MR) is 136 cm³/mol. The van der Waals surface area contributed by atoms with Gasteiger partial charge in [0.2, 0.25) is 0 Å². The highest BCUT2D eigenvalue weighted by molar-refractivity contribution is 6.05. The molecule has 0 unspecified atom stereocenters. The van der Waals surface area contributed by atoms with Crippen molar-refractivity contribution in [3.63, 3.8) is 0 Å². The second-order valence-corrected chi connectivity index (χ2v) is 8.96. The number of allylic oxidation sites excluding steroid dienone is 1. The van der Waals surface area contributed by atoms with Gasteiger partial charge in [-0.15, -0.1) is 0 Å². The van der Waals surface area contributed by atoms with Crippen LogP contribution in [0.3, 0.4) is 0 Å². The number of anilines is 1. The number of hydrogen-bond acceptors (Lipinski definition) is 7. The molecular weight excluding hydrogens is 446 g/mol. The molecule has 1 heterocycles. The van der Waals surface area contributed by atoms with Crippen LogP contribution < -0.4 is 10.2 Å². The van der Waals surface area contributed by atoms with E-state index in [4.69, 9.17) is 4.74 Å². The zero-order valence-electron chi connectivity index (χ0n) is 20.6. The van der Waals surface area contributed by atoms with Crippen molar-refractivity contribution in [1.82, 2.24) is 5.32 Å². The molecule has 2 aromatic carbocycles. The van der Waals surface area contributed by atoms with Crippen molar-refractivity contribution in [2.45, 2.75) is 58.0 Å². The molecule has 0 aliphatic carbocycles. The van der Waals surface area contributed by atoms with E-state index >= 15 is 0 Å². The monoisotopic (exact) mass is 481 g/mol. The molecule has 0 bridgehead atoms. The summed E-state index contributed by atoms with van der Waals surface area (Å²) in [7, 11) is 0. The Morgan fingerprint density at radius 3 is 2.40 bits per heavy atom. The molecule has 1 saturated heterocycles. The molecule has 0 saturated carbocycles. The predicted octanol–water partition coefficient (Wildman–Crippen LogP) is 2.36. The molecule has 4 N–H and O–H groups in total. The van der Waals surface area contributed by atoms with Crippen molar-refractivity contribution < 1.29 is 24.9 Å². The molecule has 4 atom stereocenters. The van der Waals surface area contributed by atoms with E-state index in [-0.39, 0.29) is 12.2 Å². The van der Waals surface area contributed by atoms with Gasteiger partial charge in [-0.1, -0.05) is 32.0 Å². The summed E-state index contributed by atoms with van der Waals surface area (Å²) >= 11 is 0. The minimum atomic E-state index is -1.34. The van der Waals surface area contributed by atoms with E-state index < -0.39 is 36.9 Å². The van der Waals surface area contributed by atoms with Crippen LogP contribution in [0.5, 0.6) is 0 Å². The quantitative estimate of drug-likeness (QED) is 0.320. The van der Waals surface area contributed by atoms with Gasteiger partial charge in [0.05, 0.1) is 19.3 Å². The maximum atomic E-state index is 12.9. The van der Waals surface area contributed by atoms with Gasteiger partial charge in [-0.05, 0) is 59.9 Å². The zero-order chi connectivity index (χ0) is 25.5. The summed E-state index contributed by atoms with van der Waals surface area (Å²) < 4.78 is 5.31. The molecule has 0 spiro atoms. The van der Waals surface area contributed by atoms with Gasteiger partial charge >= 0.3 is 0 Å². The largest absolute Gasteiger partial charge is 0.394 e. The summed E-state index contributed by atoms with van der Waals surface area (Å²) in [6.45, 7) is 7.52. The Labute approximate surface area is 206 Å². The van der Waals surface area contributed by atoms with Crippen LogP contribution in [-0.4, -0.2) is 71.9 Å². The number of aliphatic hydroxyl groups is 3. The lowest BCUT2D eigenvalue weighted by Gasteiger charge is -2.37. The molecule has 1 aliphatic heterocycles. The lowest BCUT2D eigenvalue weighted by molar-refractivity contribution is -0.163. The van der Waals surface area contributed by atoms with Crippen LogP contribution in [0.25, 0.3) is 16.3 Å². The van der Waals surface area contributed by atoms with Gasteiger partial charge in [0.15, 0.2) is 0 Å². The van der Waals surface area contributed by atoms with Gasteiger partial charge in [-0.2, -0.15) is 5.26 Å². The molecule has 0 aromatic heterocycles. The van der Waals surface area contributed by atoms with Gasteiger partial charge in [-0.3, -0.25) is 4.79 Å². The Kier molecular flexibility index (Phi) is 9.24. The number of fused-ring (bicyclic) bond motifs is 1. The summed E-state index contributed by atoms with van der Waals surface area (Å²) in [5.41, 5.74) is 2.35. The first kappa shape index (κ1) is 26.6. The minimum absolute atomic E-state index is 0.0796. The highest BCUT2D eigenvalue weighted by Gasteiger charge is 2.39. The first-order valence-electron chi connectivity index (χ1n) is 12.1. The molecule has 1 amide bonds. The van der Waals surface area contributed by atoms with E-state index in [1.807, 2.05) is 24.3 Å². The number of aliphatic hydroxyl groups excluding tert-OH is 3. The van der Waals surface area contributed by atoms with Gasteiger partial charge in [0.25, 0.3) is 5.91 Å². The van der Waals surface area contributed by atoms with E-state index in [0.717, 1.165) is 42.3 Å². The van der Waals surface area contributed by atoms with Crippen LogP contribution in [0.1, 0.15) is 39.2 Å². The van der Waals surface area contributed by atoms with Gasteiger partial charge in [0, 0.05) is 18.8 Å². The average Bonchev–Trinajstić information content (AvgIpc) is 2.86. The van der Waals surface area contributed by atoms with E-state index in [1.54, 1.807) is 6.92 Å². The van der Waals surface area contributed by atoms with E-state index in [2.05, 4.69) is 42.3 Å². The number of nitrogens with zero attached hydrogens (tertiary/aromatic N) is 2. The molecule has 0 radical (unpaired) electrons. The van der Waals surface area contributed by atoms with Crippen LogP contribution in [-0.2, 0) is 9.53 Å². The smallest absolute Gasteiger partial charge is 0.262 e. The fourth-order valence-electron chi connectivity index (χ4n) is 4.43. The van der Waals surface area contributed by atoms with Crippen LogP contribution in [0.2, 0.25) is 0 Å². The summed E-state index contributed by atoms with van der Waals surface area (Å²) in [6, 6.07) is 13.2. The average molecular weight is 482 g/mol. The van der Waals surface area contributed by atoms with Crippen LogP contribution in [0.15, 0.2) is 42.0 Å². The molecule has 3 rings (SSSR count). The van der Waals surface area contributed by atoms with Crippen LogP contribution in [0, 0.1) is 11.3 Å². The number of hydrogen-bond donors (Lipinski definition) is 4. The summed E-state index contributed by atoms with van der Waals surface area (Å²) in [6.07, 6.45) is -1.43. The van der Waals surface area contributed by atoms with Gasteiger partial charge in [-0.25, -0.2) is 0 Å². The third-order valence-corrected chi connectivity index (χ3v) is 6.45. The zero-order valence-corrected chi connectivity index (χ0v) is 20.6. The topological polar surface area (TPSA) is 126 Å². The van der Waals surface area contributed by atoms with Crippen LogP contribution >= 0.6 is 0 Å². The Bertz CT molecular complexity index is 1100. The number of carbonyl (C=O) groups is 1. The summed E-state index contributed by atoms with van der Waals surface area (Å²) in [5, 5.41) is 43.9. The molecule has 35 heavy (non-hydrogen) atoms. The SMILES string of the molecule is CCCN(CCC)c1ccc2cc(/C(C)=C(\C#N)C(=O)N[C@H]3CO[C@H](CO)[C@@H](O)[C@@H]3O)ccc2c1. The van der Waals surface area contributed by atoms with Crippen LogP contribution in [0.4, 0.5) is 5.69 Å². The molecule has 2 aromatic rings. The van der Waals surface area contributed by atoms with Crippen molar-refractivity contribution in [3.05, 3.63) is 47.5 Å². The number of carbonyl (C=O) groups excluding carboxylic acids is 1. The Morgan fingerprint density at radius 1 is 1.11 bits per heavy atom. The number of benzene rings is 2. The second-order valence-electron chi connectivity index (χ2n) is 8.96. The van der Waals surface area contributed by atoms with E-state index in [9.17, 15) is 25.4 Å². The fraction of sp³-hybridized carbons (Fsp3) is 0.481. The summed E-state index contributed by atoms with van der Waals surface area (Å²) in [4.78, 5) is 15.2. The van der Waals surface area contributed by atoms with Crippen molar-refractivity contribution >= 4 is 27.9 Å². The first-order chi connectivity index (χ1) is 16.8. The molecule has 188 valence electrons. The number of amides is 1. The number of nitriles is 1. The maximum absolute atomic E-state index is 12.9. The number of ether oxygens (including phenoxy) is 1. The highest BCUT2D eigenvalue weighted by atomic mass is 16.5. The Morgan fingerprint density at radius 2 is 1.77 bits per heavy atom. The third-order valence-electron chi connectivity index (χ3n) is 6.45. The van der Waals surface area contributed by atoms with Crippen molar-refractivity contribution in [2.24, 2.45) is 0 Å². The Hall–Kier alpha value is -2.96. The van der Waals surface area contributed by atoms with Gasteiger partial charge in [0.1, 0.15) is 30.0 Å². The normalized spacial score (nSPS) is 22.9. The van der Waals surface area contributed by atoms with Crippen molar-refractivity contribution in [1.29, 1.82) is 5.26 Å². The first-order valence-corrected chi connectivity index (χ1v) is 12.1.